The van der Waals surface area contributed by atoms with Crippen molar-refractivity contribution in [1.29, 1.82) is 0 Å². The first-order valence-corrected chi connectivity index (χ1v) is 6.72. The van der Waals surface area contributed by atoms with E-state index in [-0.39, 0.29) is 18.7 Å². The Morgan fingerprint density at radius 2 is 2.06 bits per heavy atom. The number of aliphatic hydroxyl groups excluding tert-OH is 1. The number of hydrogen-bond acceptors (Lipinski definition) is 4. The fourth-order valence-corrected chi connectivity index (χ4v) is 2.91. The zero-order chi connectivity index (χ0) is 12.9. The third-order valence-corrected chi connectivity index (χ3v) is 4.48. The van der Waals surface area contributed by atoms with Crippen LogP contribution >= 0.6 is 0 Å². The van der Waals surface area contributed by atoms with Crippen molar-refractivity contribution in [3.8, 4) is 0 Å². The van der Waals surface area contributed by atoms with Crippen LogP contribution in [-0.2, 0) is 4.74 Å². The molecule has 1 aliphatic heterocycles. The Balaban J connectivity index is 2.60. The van der Waals surface area contributed by atoms with Crippen LogP contribution in [0.25, 0.3) is 0 Å². The molecule has 1 heterocycles. The van der Waals surface area contributed by atoms with Crippen molar-refractivity contribution >= 4 is 0 Å². The van der Waals surface area contributed by atoms with Gasteiger partial charge < -0.3 is 15.6 Å². The van der Waals surface area contributed by atoms with Crippen LogP contribution in [0.5, 0.6) is 0 Å². The van der Waals surface area contributed by atoms with E-state index in [0.717, 1.165) is 13.1 Å². The van der Waals surface area contributed by atoms with Crippen molar-refractivity contribution < 1.29 is 9.84 Å². The first kappa shape index (κ1) is 14.9. The molecule has 3 N–H and O–H groups in total. The predicted molar refractivity (Wildman–Crippen MR) is 69.9 cm³/mol. The number of methoxy groups -OCH3 is 1. The standard InChI is InChI=1S/C13H28N2O2/c1-4-13(5-2)6-7-15(10-13)12(8-16)11(14)9-17-3/h11-12,16H,4-10,14H2,1-3H3. The Morgan fingerprint density at radius 1 is 1.41 bits per heavy atom. The number of aliphatic hydroxyl groups is 1. The van der Waals surface area contributed by atoms with Crippen LogP contribution in [0.15, 0.2) is 0 Å². The number of nitrogens with zero attached hydrogens (tertiary/aromatic N) is 1. The zero-order valence-corrected chi connectivity index (χ0v) is 11.5. The average molecular weight is 244 g/mol. The van der Waals surface area contributed by atoms with Gasteiger partial charge >= 0.3 is 0 Å². The highest BCUT2D eigenvalue weighted by molar-refractivity contribution is 4.93. The van der Waals surface area contributed by atoms with Gasteiger partial charge in [0.25, 0.3) is 0 Å². The average Bonchev–Trinajstić information content (AvgIpc) is 2.75. The lowest BCUT2D eigenvalue weighted by atomic mass is 9.82. The summed E-state index contributed by atoms with van der Waals surface area (Å²) in [5, 5.41) is 9.52. The highest BCUT2D eigenvalue weighted by Crippen LogP contribution is 2.37. The van der Waals surface area contributed by atoms with E-state index in [0.29, 0.717) is 12.0 Å². The van der Waals surface area contributed by atoms with Crippen molar-refractivity contribution in [3.63, 3.8) is 0 Å². The van der Waals surface area contributed by atoms with Gasteiger partial charge in [0, 0.05) is 19.7 Å². The van der Waals surface area contributed by atoms with Crippen molar-refractivity contribution in [2.45, 2.75) is 45.2 Å². The van der Waals surface area contributed by atoms with E-state index in [1.54, 1.807) is 7.11 Å². The molecular formula is C13H28N2O2. The van der Waals surface area contributed by atoms with Gasteiger partial charge in [-0.05, 0) is 31.2 Å². The van der Waals surface area contributed by atoms with Gasteiger partial charge in [-0.15, -0.1) is 0 Å². The first-order chi connectivity index (χ1) is 8.12. The second-order valence-corrected chi connectivity index (χ2v) is 5.30. The summed E-state index contributed by atoms with van der Waals surface area (Å²) in [6, 6.07) is -0.0653. The van der Waals surface area contributed by atoms with Crippen LogP contribution in [0, 0.1) is 5.41 Å². The molecule has 0 aromatic rings. The molecule has 2 atom stereocenters. The van der Waals surface area contributed by atoms with E-state index in [1.807, 2.05) is 0 Å². The van der Waals surface area contributed by atoms with Crippen molar-refractivity contribution in [2.75, 3.05) is 33.4 Å². The summed E-state index contributed by atoms with van der Waals surface area (Å²) in [5.41, 5.74) is 6.49. The summed E-state index contributed by atoms with van der Waals surface area (Å²) in [6.45, 7) is 7.25. The highest BCUT2D eigenvalue weighted by atomic mass is 16.5. The molecule has 0 amide bonds. The van der Waals surface area contributed by atoms with Gasteiger partial charge in [0.1, 0.15) is 0 Å². The van der Waals surface area contributed by atoms with Crippen molar-refractivity contribution in [3.05, 3.63) is 0 Å². The molecule has 1 fully saturated rings. The molecule has 0 aliphatic carbocycles. The minimum absolute atomic E-state index is 0.0370. The fourth-order valence-electron chi connectivity index (χ4n) is 2.91. The Hall–Kier alpha value is -0.160. The molecule has 1 aliphatic rings. The molecule has 2 unspecified atom stereocenters. The molecule has 0 aromatic carbocycles. The molecule has 1 rings (SSSR count). The minimum atomic E-state index is -0.102. The van der Waals surface area contributed by atoms with Gasteiger partial charge in [-0.1, -0.05) is 13.8 Å². The monoisotopic (exact) mass is 244 g/mol. The van der Waals surface area contributed by atoms with E-state index >= 15 is 0 Å². The van der Waals surface area contributed by atoms with Crippen LogP contribution < -0.4 is 5.73 Å². The van der Waals surface area contributed by atoms with Crippen LogP contribution in [0.2, 0.25) is 0 Å². The van der Waals surface area contributed by atoms with Gasteiger partial charge in [0.15, 0.2) is 0 Å². The van der Waals surface area contributed by atoms with Gasteiger partial charge in [-0.25, -0.2) is 0 Å². The van der Waals surface area contributed by atoms with E-state index in [4.69, 9.17) is 10.5 Å². The Morgan fingerprint density at radius 3 is 2.47 bits per heavy atom. The number of rotatable bonds is 7. The Bertz CT molecular complexity index is 219. The molecule has 102 valence electrons. The molecule has 1 saturated heterocycles. The van der Waals surface area contributed by atoms with E-state index in [9.17, 15) is 5.11 Å². The molecule has 4 nitrogen and oxygen atoms in total. The highest BCUT2D eigenvalue weighted by Gasteiger charge is 2.38. The van der Waals surface area contributed by atoms with Gasteiger partial charge in [0.05, 0.1) is 19.3 Å². The molecule has 17 heavy (non-hydrogen) atoms. The molecule has 0 saturated carbocycles. The molecule has 0 radical (unpaired) electrons. The predicted octanol–water partition coefficient (Wildman–Crippen LogP) is 0.833. The third kappa shape index (κ3) is 3.41. The van der Waals surface area contributed by atoms with Crippen LogP contribution in [0.3, 0.4) is 0 Å². The van der Waals surface area contributed by atoms with Crippen LogP contribution in [-0.4, -0.2) is 55.5 Å². The first-order valence-electron chi connectivity index (χ1n) is 6.72. The normalized spacial score (nSPS) is 23.8. The molecule has 0 aromatic heterocycles. The lowest BCUT2D eigenvalue weighted by molar-refractivity contribution is 0.0758. The summed E-state index contributed by atoms with van der Waals surface area (Å²) in [7, 11) is 1.65. The number of nitrogens with two attached hydrogens (primary N) is 1. The summed E-state index contributed by atoms with van der Waals surface area (Å²) in [6.07, 6.45) is 3.63. The quantitative estimate of drug-likeness (QED) is 0.696. The van der Waals surface area contributed by atoms with Crippen LogP contribution in [0.4, 0.5) is 0 Å². The molecule has 0 spiro atoms. The zero-order valence-electron chi connectivity index (χ0n) is 11.5. The van der Waals surface area contributed by atoms with Gasteiger partial charge in [-0.2, -0.15) is 0 Å². The number of ether oxygens (including phenoxy) is 1. The van der Waals surface area contributed by atoms with Gasteiger partial charge in [-0.3, -0.25) is 4.90 Å². The minimum Gasteiger partial charge on any atom is -0.395 e. The van der Waals surface area contributed by atoms with Crippen molar-refractivity contribution in [2.24, 2.45) is 11.1 Å². The summed E-state index contributed by atoms with van der Waals surface area (Å²) in [5.74, 6) is 0. The van der Waals surface area contributed by atoms with Crippen LogP contribution in [0.1, 0.15) is 33.1 Å². The summed E-state index contributed by atoms with van der Waals surface area (Å²) < 4.78 is 5.09. The topological polar surface area (TPSA) is 58.7 Å². The maximum atomic E-state index is 9.52. The van der Waals surface area contributed by atoms with E-state index < -0.39 is 0 Å². The lowest BCUT2D eigenvalue weighted by Crippen LogP contribution is -2.51. The fraction of sp³-hybridized carbons (Fsp3) is 1.00. The molecule has 4 heteroatoms. The smallest absolute Gasteiger partial charge is 0.0629 e. The largest absolute Gasteiger partial charge is 0.395 e. The maximum Gasteiger partial charge on any atom is 0.0629 e. The third-order valence-electron chi connectivity index (χ3n) is 4.48. The Labute approximate surface area is 105 Å². The van der Waals surface area contributed by atoms with E-state index in [2.05, 4.69) is 18.7 Å². The SMILES string of the molecule is CCC1(CC)CCN(C(CO)C(N)COC)C1. The Kier molecular flexibility index (Phi) is 5.86. The molecular weight excluding hydrogens is 216 g/mol. The number of likely N-dealkylation sites (tertiary alicyclic amines) is 1. The summed E-state index contributed by atoms with van der Waals surface area (Å²) in [4.78, 5) is 2.34. The second kappa shape index (κ2) is 6.69. The van der Waals surface area contributed by atoms with Crippen molar-refractivity contribution in [1.82, 2.24) is 4.90 Å². The summed E-state index contributed by atoms with van der Waals surface area (Å²) >= 11 is 0. The number of hydrogen-bond donors (Lipinski definition) is 2. The van der Waals surface area contributed by atoms with Gasteiger partial charge in [0.2, 0.25) is 0 Å². The maximum absolute atomic E-state index is 9.52. The second-order valence-electron chi connectivity index (χ2n) is 5.30. The lowest BCUT2D eigenvalue weighted by Gasteiger charge is -2.33. The molecule has 0 bridgehead atoms. The van der Waals surface area contributed by atoms with E-state index in [1.165, 1.54) is 19.3 Å².